The van der Waals surface area contributed by atoms with Crippen LogP contribution in [-0.4, -0.2) is 51.9 Å². The lowest BCUT2D eigenvalue weighted by molar-refractivity contribution is 0.0474. The van der Waals surface area contributed by atoms with Crippen molar-refractivity contribution in [1.29, 1.82) is 10.8 Å². The molecule has 0 aromatic heterocycles. The molecule has 0 bridgehead atoms. The zero-order valence-electron chi connectivity index (χ0n) is 11.3. The average molecular weight is 259 g/mol. The minimum absolute atomic E-state index is 0.0943. The highest BCUT2D eigenvalue weighted by Gasteiger charge is 1.97. The summed E-state index contributed by atoms with van der Waals surface area (Å²) in [4.78, 5) is 0. The van der Waals surface area contributed by atoms with Crippen LogP contribution in [0.15, 0.2) is 0 Å². The summed E-state index contributed by atoms with van der Waals surface area (Å²) in [5.74, 6) is 0.206. The van der Waals surface area contributed by atoms with Crippen LogP contribution in [0.5, 0.6) is 0 Å². The van der Waals surface area contributed by atoms with Crippen LogP contribution in [0.4, 0.5) is 0 Å². The fourth-order valence-corrected chi connectivity index (χ4v) is 1.09. The van der Waals surface area contributed by atoms with Crippen molar-refractivity contribution in [2.45, 2.75) is 19.8 Å². The Hall–Kier alpha value is -1.34. The summed E-state index contributed by atoms with van der Waals surface area (Å²) in [6, 6.07) is 0. The van der Waals surface area contributed by atoms with Crippen molar-refractivity contribution in [2.75, 3.05) is 40.0 Å². The van der Waals surface area contributed by atoms with Gasteiger partial charge in [-0.1, -0.05) is 6.92 Å². The number of ether oxygens (including phenoxy) is 2. The maximum atomic E-state index is 7.45. The Morgan fingerprint density at radius 3 is 2.28 bits per heavy atom. The van der Waals surface area contributed by atoms with Gasteiger partial charge in [0.1, 0.15) is 0 Å². The normalized spacial score (nSPS) is 9.89. The number of guanidine groups is 2. The number of hydrogen-bond donors (Lipinski definition) is 5. The third kappa shape index (κ3) is 11.2. The van der Waals surface area contributed by atoms with E-state index in [1.165, 1.54) is 0 Å². The van der Waals surface area contributed by atoms with Crippen molar-refractivity contribution in [3.05, 3.63) is 0 Å². The SMILES string of the molecule is CCCOCCOCCCNC(=N)NC(=N)NC. The molecule has 0 heterocycles. The smallest absolute Gasteiger partial charge is 0.195 e. The molecule has 18 heavy (non-hydrogen) atoms. The highest BCUT2D eigenvalue weighted by atomic mass is 16.5. The molecule has 0 fully saturated rings. The summed E-state index contributed by atoms with van der Waals surface area (Å²) < 4.78 is 10.6. The molecule has 0 spiro atoms. The van der Waals surface area contributed by atoms with Gasteiger partial charge in [0.2, 0.25) is 0 Å². The Balaban J connectivity index is 3.20. The molecule has 0 unspecified atom stereocenters. The third-order valence-electron chi connectivity index (χ3n) is 1.99. The Kier molecular flexibility index (Phi) is 11.2. The molecule has 0 aliphatic carbocycles. The quantitative estimate of drug-likeness (QED) is 0.229. The molecule has 0 aromatic rings. The lowest BCUT2D eigenvalue weighted by Crippen LogP contribution is -2.45. The maximum Gasteiger partial charge on any atom is 0.195 e. The van der Waals surface area contributed by atoms with Gasteiger partial charge >= 0.3 is 0 Å². The van der Waals surface area contributed by atoms with Gasteiger partial charge in [0.05, 0.1) is 13.2 Å². The molecule has 0 aliphatic rings. The summed E-state index contributed by atoms with van der Waals surface area (Å²) in [5, 5.41) is 22.7. The van der Waals surface area contributed by atoms with Crippen molar-refractivity contribution in [3.8, 4) is 0 Å². The van der Waals surface area contributed by atoms with Crippen molar-refractivity contribution in [1.82, 2.24) is 16.0 Å². The first-order valence-electron chi connectivity index (χ1n) is 6.22. The molecule has 7 nitrogen and oxygen atoms in total. The largest absolute Gasteiger partial charge is 0.379 e. The summed E-state index contributed by atoms with van der Waals surface area (Å²) in [6.07, 6.45) is 1.84. The molecule has 0 atom stereocenters. The average Bonchev–Trinajstić information content (AvgIpc) is 2.36. The van der Waals surface area contributed by atoms with Crippen LogP contribution in [-0.2, 0) is 9.47 Å². The molecule has 106 valence electrons. The second-order valence-corrected chi connectivity index (χ2v) is 3.63. The van der Waals surface area contributed by atoms with Gasteiger partial charge in [-0.15, -0.1) is 0 Å². The highest BCUT2D eigenvalue weighted by molar-refractivity contribution is 5.95. The van der Waals surface area contributed by atoms with E-state index in [1.807, 2.05) is 0 Å². The van der Waals surface area contributed by atoms with Gasteiger partial charge in [0.15, 0.2) is 11.9 Å². The van der Waals surface area contributed by atoms with Crippen molar-refractivity contribution < 1.29 is 9.47 Å². The van der Waals surface area contributed by atoms with E-state index in [0.29, 0.717) is 26.4 Å². The monoisotopic (exact) mass is 259 g/mol. The van der Waals surface area contributed by atoms with Gasteiger partial charge in [-0.25, -0.2) is 0 Å². The van der Waals surface area contributed by atoms with Crippen LogP contribution in [0.1, 0.15) is 19.8 Å². The van der Waals surface area contributed by atoms with Gasteiger partial charge < -0.3 is 20.1 Å². The van der Waals surface area contributed by atoms with Crippen LogP contribution in [0.2, 0.25) is 0 Å². The summed E-state index contributed by atoms with van der Waals surface area (Å²) in [5.41, 5.74) is 0. The zero-order chi connectivity index (χ0) is 13.6. The molecule has 0 amide bonds. The lowest BCUT2D eigenvalue weighted by Gasteiger charge is -2.10. The maximum absolute atomic E-state index is 7.45. The lowest BCUT2D eigenvalue weighted by atomic mass is 10.4. The van der Waals surface area contributed by atoms with Gasteiger partial charge in [-0.2, -0.15) is 0 Å². The van der Waals surface area contributed by atoms with E-state index in [2.05, 4.69) is 22.9 Å². The second-order valence-electron chi connectivity index (χ2n) is 3.63. The van der Waals surface area contributed by atoms with Crippen molar-refractivity contribution in [3.63, 3.8) is 0 Å². The molecule has 0 rings (SSSR count). The van der Waals surface area contributed by atoms with E-state index < -0.39 is 0 Å². The Morgan fingerprint density at radius 1 is 1.00 bits per heavy atom. The van der Waals surface area contributed by atoms with Crippen LogP contribution in [0.3, 0.4) is 0 Å². The molecular weight excluding hydrogens is 234 g/mol. The Bertz CT molecular complexity index is 235. The first-order chi connectivity index (χ1) is 8.70. The summed E-state index contributed by atoms with van der Waals surface area (Å²) in [7, 11) is 1.62. The second kappa shape index (κ2) is 12.1. The van der Waals surface area contributed by atoms with E-state index >= 15 is 0 Å². The summed E-state index contributed by atoms with van der Waals surface area (Å²) in [6.45, 7) is 5.38. The van der Waals surface area contributed by atoms with Crippen LogP contribution in [0, 0.1) is 10.8 Å². The van der Waals surface area contributed by atoms with Crippen LogP contribution < -0.4 is 16.0 Å². The van der Waals surface area contributed by atoms with E-state index in [-0.39, 0.29) is 11.9 Å². The Morgan fingerprint density at radius 2 is 1.67 bits per heavy atom. The van der Waals surface area contributed by atoms with Gasteiger partial charge in [-0.05, 0) is 12.8 Å². The van der Waals surface area contributed by atoms with E-state index in [0.717, 1.165) is 19.4 Å². The molecular formula is C11H25N5O2. The first-order valence-corrected chi connectivity index (χ1v) is 6.22. The minimum Gasteiger partial charge on any atom is -0.379 e. The highest BCUT2D eigenvalue weighted by Crippen LogP contribution is 1.84. The molecule has 0 radical (unpaired) electrons. The minimum atomic E-state index is 0.0943. The number of rotatable bonds is 9. The van der Waals surface area contributed by atoms with Crippen LogP contribution in [0.25, 0.3) is 0 Å². The van der Waals surface area contributed by atoms with Gasteiger partial charge in [0, 0.05) is 26.8 Å². The molecule has 5 N–H and O–H groups in total. The fraction of sp³-hybridized carbons (Fsp3) is 0.818. The van der Waals surface area contributed by atoms with Gasteiger partial charge in [-0.3, -0.25) is 16.1 Å². The fourth-order valence-electron chi connectivity index (χ4n) is 1.09. The zero-order valence-corrected chi connectivity index (χ0v) is 11.3. The van der Waals surface area contributed by atoms with Crippen molar-refractivity contribution in [2.24, 2.45) is 0 Å². The molecule has 0 aromatic carbocycles. The van der Waals surface area contributed by atoms with E-state index in [9.17, 15) is 0 Å². The Labute approximate surface area is 109 Å². The number of hydrogen-bond acceptors (Lipinski definition) is 4. The van der Waals surface area contributed by atoms with Crippen LogP contribution >= 0.6 is 0 Å². The third-order valence-corrected chi connectivity index (χ3v) is 1.99. The predicted molar refractivity (Wildman–Crippen MR) is 72.2 cm³/mol. The molecule has 0 saturated carbocycles. The molecule has 0 aliphatic heterocycles. The predicted octanol–water partition coefficient (Wildman–Crippen LogP) is 0.0878. The number of nitrogens with one attached hydrogen (secondary N) is 5. The summed E-state index contributed by atoms with van der Waals surface area (Å²) >= 11 is 0. The topological polar surface area (TPSA) is 102 Å². The van der Waals surface area contributed by atoms with Crippen molar-refractivity contribution >= 4 is 11.9 Å². The first kappa shape index (κ1) is 16.7. The van der Waals surface area contributed by atoms with E-state index in [1.54, 1.807) is 7.05 Å². The molecule has 0 saturated heterocycles. The van der Waals surface area contributed by atoms with Gasteiger partial charge in [0.25, 0.3) is 0 Å². The standard InChI is InChI=1S/C11H25N5O2/c1-3-6-17-8-9-18-7-4-5-15-11(13)16-10(12)14-2/h3-9H2,1-2H3,(H5,12,13,14,15,16). The van der Waals surface area contributed by atoms with E-state index in [4.69, 9.17) is 20.3 Å². The molecule has 7 heteroatoms.